The zero-order valence-electron chi connectivity index (χ0n) is 20.8. The molecule has 0 bridgehead atoms. The molecule has 2 aromatic heterocycles. The number of benzene rings is 2. The fraction of sp³-hybridized carbons (Fsp3) is 0.308. The van der Waals surface area contributed by atoms with Gasteiger partial charge in [-0.2, -0.15) is 5.26 Å². The molecule has 0 atom stereocenters. The summed E-state index contributed by atoms with van der Waals surface area (Å²) >= 11 is 8.84. The highest BCUT2D eigenvalue weighted by Crippen LogP contribution is 2.47. The number of nitrogens with one attached hydrogen (secondary N) is 1. The predicted octanol–water partition coefficient (Wildman–Crippen LogP) is 7.80. The van der Waals surface area contributed by atoms with Gasteiger partial charge in [-0.3, -0.25) is 5.32 Å². The first kappa shape index (κ1) is 26.6. The lowest BCUT2D eigenvalue weighted by Gasteiger charge is -2.19. The SMILES string of the molecule is CCSc1nc(Cl)c2c3c(c(-c4c(F)ccc5sc(NC(=O)OC(C)(C)C)c(C#N)c45)c(F)c2n1)COC3. The zero-order chi connectivity index (χ0) is 27.4. The van der Waals surface area contributed by atoms with Crippen LogP contribution >= 0.6 is 34.7 Å². The van der Waals surface area contributed by atoms with Gasteiger partial charge in [0.2, 0.25) is 0 Å². The van der Waals surface area contributed by atoms with Gasteiger partial charge in [-0.15, -0.1) is 11.3 Å². The van der Waals surface area contributed by atoms with Crippen molar-refractivity contribution in [2.75, 3.05) is 11.1 Å². The van der Waals surface area contributed by atoms with Crippen LogP contribution in [-0.2, 0) is 22.7 Å². The van der Waals surface area contributed by atoms with Gasteiger partial charge in [0.05, 0.1) is 18.8 Å². The average Bonchev–Trinajstić information content (AvgIpc) is 3.43. The molecule has 1 N–H and O–H groups in total. The van der Waals surface area contributed by atoms with Crippen LogP contribution in [-0.4, -0.2) is 27.4 Å². The number of thiophene rings is 1. The highest BCUT2D eigenvalue weighted by atomic mass is 35.5. The molecule has 38 heavy (non-hydrogen) atoms. The second-order valence-corrected chi connectivity index (χ2v) is 12.1. The molecule has 4 aromatic rings. The number of thioether (sulfide) groups is 1. The van der Waals surface area contributed by atoms with E-state index in [1.807, 2.05) is 6.92 Å². The highest BCUT2D eigenvalue weighted by molar-refractivity contribution is 7.99. The normalized spacial score (nSPS) is 13.1. The van der Waals surface area contributed by atoms with Gasteiger partial charge >= 0.3 is 6.09 Å². The summed E-state index contributed by atoms with van der Waals surface area (Å²) in [6.45, 7) is 7.18. The number of ether oxygens (including phenoxy) is 2. The summed E-state index contributed by atoms with van der Waals surface area (Å²) in [6.07, 6.45) is -0.763. The molecule has 5 rings (SSSR count). The largest absolute Gasteiger partial charge is 0.444 e. The number of rotatable bonds is 4. The van der Waals surface area contributed by atoms with Crippen LogP contribution < -0.4 is 5.32 Å². The Morgan fingerprint density at radius 2 is 1.97 bits per heavy atom. The second kappa shape index (κ2) is 9.93. The minimum atomic E-state index is -0.783. The van der Waals surface area contributed by atoms with Gasteiger partial charge in [-0.1, -0.05) is 30.3 Å². The lowest BCUT2D eigenvalue weighted by atomic mass is 9.90. The summed E-state index contributed by atoms with van der Waals surface area (Å²) in [5.41, 5.74) is 0.0307. The Bertz CT molecular complexity index is 1680. The van der Waals surface area contributed by atoms with Gasteiger partial charge in [-0.05, 0) is 49.8 Å². The van der Waals surface area contributed by atoms with E-state index in [0.29, 0.717) is 32.1 Å². The van der Waals surface area contributed by atoms with E-state index in [9.17, 15) is 10.1 Å². The van der Waals surface area contributed by atoms with Crippen LogP contribution in [0.15, 0.2) is 17.3 Å². The van der Waals surface area contributed by atoms with Gasteiger partial charge in [-0.25, -0.2) is 23.5 Å². The van der Waals surface area contributed by atoms with Crippen molar-refractivity contribution < 1.29 is 23.0 Å². The van der Waals surface area contributed by atoms with Crippen molar-refractivity contribution in [2.45, 2.75) is 51.7 Å². The number of halogens is 3. The summed E-state index contributed by atoms with van der Waals surface area (Å²) in [6, 6.07) is 4.76. The fourth-order valence-corrected chi connectivity index (χ4v) is 6.37. The van der Waals surface area contributed by atoms with E-state index < -0.39 is 23.3 Å². The molecule has 0 fully saturated rings. The number of nitriles is 1. The third-order valence-corrected chi connectivity index (χ3v) is 7.86. The molecule has 3 heterocycles. The molecule has 0 saturated carbocycles. The zero-order valence-corrected chi connectivity index (χ0v) is 23.2. The lowest BCUT2D eigenvalue weighted by Crippen LogP contribution is -2.27. The van der Waals surface area contributed by atoms with Crippen LogP contribution in [0.25, 0.3) is 32.1 Å². The standard InChI is InChI=1S/C26H21ClF2N4O3S2/c1-5-37-24-31-21-18(22(27)32-24)13-10-35-9-12(13)17(20(21)29)19-14(28)6-7-15-16(19)11(8-30)23(38-15)33-25(34)36-26(2,3)4/h6-7H,5,9-10H2,1-4H3,(H,33,34). The van der Waals surface area contributed by atoms with Crippen LogP contribution in [0.4, 0.5) is 18.6 Å². The Morgan fingerprint density at radius 1 is 1.24 bits per heavy atom. The van der Waals surface area contributed by atoms with E-state index in [1.165, 1.54) is 23.9 Å². The van der Waals surface area contributed by atoms with Gasteiger partial charge in [0.15, 0.2) is 11.0 Å². The molecule has 7 nitrogen and oxygen atoms in total. The summed E-state index contributed by atoms with van der Waals surface area (Å²) in [5, 5.41) is 13.7. The topological polar surface area (TPSA) is 97.1 Å². The van der Waals surface area contributed by atoms with E-state index >= 15 is 8.78 Å². The molecule has 0 unspecified atom stereocenters. The van der Waals surface area contributed by atoms with Crippen molar-refractivity contribution in [2.24, 2.45) is 0 Å². The van der Waals surface area contributed by atoms with E-state index in [-0.39, 0.29) is 51.0 Å². The van der Waals surface area contributed by atoms with Crippen molar-refractivity contribution >= 4 is 66.8 Å². The molecule has 0 saturated heterocycles. The first-order valence-corrected chi connectivity index (χ1v) is 13.8. The number of fused-ring (bicyclic) bond motifs is 4. The van der Waals surface area contributed by atoms with E-state index in [0.717, 1.165) is 11.3 Å². The maximum Gasteiger partial charge on any atom is 0.412 e. The van der Waals surface area contributed by atoms with Crippen molar-refractivity contribution in [1.82, 2.24) is 9.97 Å². The summed E-state index contributed by atoms with van der Waals surface area (Å²) in [5.74, 6) is -0.868. The quantitative estimate of drug-likeness (QED) is 0.151. The van der Waals surface area contributed by atoms with Gasteiger partial charge in [0.25, 0.3) is 0 Å². The van der Waals surface area contributed by atoms with Crippen molar-refractivity contribution in [1.29, 1.82) is 5.26 Å². The first-order chi connectivity index (χ1) is 18.0. The van der Waals surface area contributed by atoms with E-state index in [1.54, 1.807) is 20.8 Å². The Kier molecular flexibility index (Phi) is 6.94. The maximum atomic E-state index is 16.4. The minimum absolute atomic E-state index is 0.000434. The van der Waals surface area contributed by atoms with E-state index in [2.05, 4.69) is 21.4 Å². The van der Waals surface area contributed by atoms with Crippen LogP contribution in [0.1, 0.15) is 44.4 Å². The molecule has 196 valence electrons. The van der Waals surface area contributed by atoms with Crippen molar-refractivity contribution in [3.63, 3.8) is 0 Å². The highest BCUT2D eigenvalue weighted by Gasteiger charge is 2.32. The summed E-state index contributed by atoms with van der Waals surface area (Å²) < 4.78 is 43.5. The van der Waals surface area contributed by atoms with Gasteiger partial charge in [0.1, 0.15) is 33.2 Å². The first-order valence-electron chi connectivity index (χ1n) is 11.6. The van der Waals surface area contributed by atoms with Crippen molar-refractivity contribution in [3.8, 4) is 17.2 Å². The molecule has 1 amide bonds. The Morgan fingerprint density at radius 3 is 2.66 bits per heavy atom. The fourth-order valence-electron chi connectivity index (χ4n) is 4.42. The number of aromatic nitrogens is 2. The summed E-state index contributed by atoms with van der Waals surface area (Å²) in [7, 11) is 0. The second-order valence-electron chi connectivity index (χ2n) is 9.43. The lowest BCUT2D eigenvalue weighted by molar-refractivity contribution is 0.0636. The number of amides is 1. The number of hydrogen-bond acceptors (Lipinski definition) is 8. The van der Waals surface area contributed by atoms with Crippen LogP contribution in [0, 0.1) is 23.0 Å². The molecular weight excluding hydrogens is 554 g/mol. The summed E-state index contributed by atoms with van der Waals surface area (Å²) in [4.78, 5) is 21.1. The molecule has 2 aromatic carbocycles. The van der Waals surface area contributed by atoms with Crippen LogP contribution in [0.2, 0.25) is 5.15 Å². The number of carbonyl (C=O) groups is 1. The number of anilines is 1. The number of carbonyl (C=O) groups excluding carboxylic acids is 1. The van der Waals surface area contributed by atoms with Crippen molar-refractivity contribution in [3.05, 3.63) is 45.6 Å². The van der Waals surface area contributed by atoms with E-state index in [4.69, 9.17) is 21.1 Å². The number of hydrogen-bond donors (Lipinski definition) is 1. The van der Waals surface area contributed by atoms with Gasteiger partial charge < -0.3 is 9.47 Å². The Labute approximate surface area is 230 Å². The monoisotopic (exact) mass is 574 g/mol. The maximum absolute atomic E-state index is 16.4. The Balaban J connectivity index is 1.80. The van der Waals surface area contributed by atoms with Crippen LogP contribution in [0.3, 0.4) is 0 Å². The minimum Gasteiger partial charge on any atom is -0.444 e. The van der Waals surface area contributed by atoms with Gasteiger partial charge in [0, 0.05) is 26.6 Å². The van der Waals surface area contributed by atoms with Crippen LogP contribution in [0.5, 0.6) is 0 Å². The smallest absolute Gasteiger partial charge is 0.412 e. The average molecular weight is 575 g/mol. The third kappa shape index (κ3) is 4.56. The predicted molar refractivity (Wildman–Crippen MR) is 145 cm³/mol. The molecule has 1 aliphatic heterocycles. The molecule has 1 aliphatic rings. The molecule has 0 aliphatic carbocycles. The molecular formula is C26H21ClF2N4O3S2. The third-order valence-electron chi connectivity index (χ3n) is 5.79. The molecule has 0 radical (unpaired) electrons. The molecule has 12 heteroatoms. The molecule has 0 spiro atoms. The Hall–Kier alpha value is -3.04. The number of nitrogens with zero attached hydrogens (tertiary/aromatic N) is 3.